The molecule has 0 aromatic carbocycles. The molecule has 0 radical (unpaired) electrons. The number of carbonyl (C=O) groups excluding carboxylic acids is 1. The molecular weight excluding hydrogens is 402 g/mol. The van der Waals surface area contributed by atoms with Crippen molar-refractivity contribution in [2.75, 3.05) is 13.1 Å². The van der Waals surface area contributed by atoms with Crippen LogP contribution in [0.5, 0.6) is 0 Å². The van der Waals surface area contributed by atoms with Crippen LogP contribution in [0.4, 0.5) is 0 Å². The van der Waals surface area contributed by atoms with Gasteiger partial charge in [-0.25, -0.2) is 4.98 Å². The molecule has 1 aliphatic heterocycles. The summed E-state index contributed by atoms with van der Waals surface area (Å²) in [5.74, 6) is -0.00337. The number of imidazole rings is 1. The molecule has 0 bridgehead atoms. The summed E-state index contributed by atoms with van der Waals surface area (Å²) < 4.78 is 3.78. The van der Waals surface area contributed by atoms with Crippen LogP contribution in [0.1, 0.15) is 55.1 Å². The summed E-state index contributed by atoms with van der Waals surface area (Å²) in [6, 6.07) is 7.60. The number of nitrogens with zero attached hydrogens (tertiary/aromatic N) is 7. The predicted octanol–water partition coefficient (Wildman–Crippen LogP) is 4.04. The van der Waals surface area contributed by atoms with Gasteiger partial charge in [0.05, 0.1) is 11.1 Å². The van der Waals surface area contributed by atoms with Crippen molar-refractivity contribution in [2.24, 2.45) is 0 Å². The molecule has 4 aromatic rings. The lowest BCUT2D eigenvalue weighted by Crippen LogP contribution is -2.32. The van der Waals surface area contributed by atoms with E-state index < -0.39 is 0 Å². The van der Waals surface area contributed by atoms with Crippen molar-refractivity contribution in [2.45, 2.75) is 45.6 Å². The van der Waals surface area contributed by atoms with E-state index in [0.717, 1.165) is 61.1 Å². The summed E-state index contributed by atoms with van der Waals surface area (Å²) in [4.78, 5) is 24.3. The summed E-state index contributed by atoms with van der Waals surface area (Å²) in [7, 11) is 0. The van der Waals surface area contributed by atoms with Crippen molar-refractivity contribution in [3.63, 3.8) is 0 Å². The lowest BCUT2D eigenvalue weighted by atomic mass is 10.2. The number of carbonyl (C=O) groups is 1. The van der Waals surface area contributed by atoms with Crippen LogP contribution in [-0.4, -0.2) is 48.0 Å². The minimum absolute atomic E-state index is 0.00337. The van der Waals surface area contributed by atoms with Gasteiger partial charge in [-0.2, -0.15) is 10.4 Å². The van der Waals surface area contributed by atoms with Crippen LogP contribution < -0.4 is 0 Å². The van der Waals surface area contributed by atoms with Gasteiger partial charge < -0.3 is 9.30 Å². The molecule has 0 saturated carbocycles. The minimum Gasteiger partial charge on any atom is -0.337 e. The third-order valence-corrected chi connectivity index (χ3v) is 6.01. The average Bonchev–Trinajstić information content (AvgIpc) is 3.28. The van der Waals surface area contributed by atoms with Gasteiger partial charge in [0.2, 0.25) is 0 Å². The number of aromatic nitrogens is 5. The van der Waals surface area contributed by atoms with Gasteiger partial charge in [-0.1, -0.05) is 19.8 Å². The molecule has 1 saturated heterocycles. The van der Waals surface area contributed by atoms with Gasteiger partial charge in [-0.05, 0) is 37.5 Å². The number of fused-ring (bicyclic) bond motifs is 2. The zero-order valence-electron chi connectivity index (χ0n) is 18.2. The fraction of sp³-hybridized carbons (Fsp3) is 0.375. The highest BCUT2D eigenvalue weighted by atomic mass is 16.2. The smallest absolute Gasteiger partial charge is 0.272 e. The van der Waals surface area contributed by atoms with Crippen molar-refractivity contribution in [3.8, 4) is 17.5 Å². The molecule has 4 aromatic heterocycles. The van der Waals surface area contributed by atoms with E-state index in [1.54, 1.807) is 18.5 Å². The van der Waals surface area contributed by atoms with E-state index in [-0.39, 0.29) is 5.91 Å². The second kappa shape index (κ2) is 8.42. The Bertz CT molecular complexity index is 1340. The van der Waals surface area contributed by atoms with E-state index in [1.165, 1.54) is 12.8 Å². The normalized spacial score (nSPS) is 14.6. The zero-order chi connectivity index (χ0) is 22.1. The molecule has 162 valence electrons. The molecule has 1 fully saturated rings. The molecule has 0 unspecified atom stereocenters. The van der Waals surface area contributed by atoms with Crippen molar-refractivity contribution in [1.82, 2.24) is 29.0 Å². The Morgan fingerprint density at radius 3 is 2.72 bits per heavy atom. The van der Waals surface area contributed by atoms with Crippen LogP contribution >= 0.6 is 0 Å². The topological polar surface area (TPSA) is 92.1 Å². The molecule has 0 spiro atoms. The maximum atomic E-state index is 13.1. The number of pyridine rings is 2. The summed E-state index contributed by atoms with van der Waals surface area (Å²) in [5, 5.41) is 14.9. The SMILES string of the molecule is CCCn1nc(-c2cn3cc(C#N)ccc3n2)c2cnc(C(=O)N3CCCCCC3)cc21. The third kappa shape index (κ3) is 3.60. The largest absolute Gasteiger partial charge is 0.337 e. The lowest BCUT2D eigenvalue weighted by Gasteiger charge is -2.19. The Morgan fingerprint density at radius 1 is 1.16 bits per heavy atom. The predicted molar refractivity (Wildman–Crippen MR) is 121 cm³/mol. The summed E-state index contributed by atoms with van der Waals surface area (Å²) in [6.45, 7) is 4.43. The van der Waals surface area contributed by atoms with Crippen LogP contribution in [0.3, 0.4) is 0 Å². The van der Waals surface area contributed by atoms with Crippen molar-refractivity contribution in [1.29, 1.82) is 5.26 Å². The van der Waals surface area contributed by atoms with Gasteiger partial charge in [0.1, 0.15) is 28.8 Å². The molecular formula is C24H25N7O. The second-order valence-electron chi connectivity index (χ2n) is 8.29. The first-order valence-corrected chi connectivity index (χ1v) is 11.2. The Kier molecular flexibility index (Phi) is 5.31. The van der Waals surface area contributed by atoms with Crippen molar-refractivity contribution >= 4 is 22.5 Å². The van der Waals surface area contributed by atoms with Gasteiger partial charge in [0.15, 0.2) is 0 Å². The fourth-order valence-electron chi connectivity index (χ4n) is 4.37. The molecule has 32 heavy (non-hydrogen) atoms. The first-order chi connectivity index (χ1) is 15.7. The second-order valence-corrected chi connectivity index (χ2v) is 8.29. The molecule has 0 atom stereocenters. The van der Waals surface area contributed by atoms with E-state index in [1.807, 2.05) is 32.3 Å². The molecule has 5 rings (SSSR count). The number of likely N-dealkylation sites (tertiary alicyclic amines) is 1. The zero-order valence-corrected chi connectivity index (χ0v) is 18.2. The Balaban J connectivity index is 1.57. The number of amides is 1. The maximum Gasteiger partial charge on any atom is 0.272 e. The fourth-order valence-corrected chi connectivity index (χ4v) is 4.37. The Hall–Kier alpha value is -3.73. The van der Waals surface area contributed by atoms with Crippen molar-refractivity contribution < 1.29 is 4.79 Å². The molecule has 5 heterocycles. The highest BCUT2D eigenvalue weighted by molar-refractivity contribution is 5.98. The van der Waals surface area contributed by atoms with E-state index in [2.05, 4.69) is 18.0 Å². The van der Waals surface area contributed by atoms with E-state index in [9.17, 15) is 4.79 Å². The summed E-state index contributed by atoms with van der Waals surface area (Å²) in [6.07, 6.45) is 10.8. The van der Waals surface area contributed by atoms with Gasteiger partial charge in [-0.3, -0.25) is 14.5 Å². The quantitative estimate of drug-likeness (QED) is 0.490. The van der Waals surface area contributed by atoms with E-state index in [0.29, 0.717) is 17.0 Å². The molecule has 8 nitrogen and oxygen atoms in total. The van der Waals surface area contributed by atoms with Crippen LogP contribution in [0.2, 0.25) is 0 Å². The Labute approximate surface area is 186 Å². The van der Waals surface area contributed by atoms with Crippen LogP contribution in [0, 0.1) is 11.3 Å². The highest BCUT2D eigenvalue weighted by Gasteiger charge is 2.22. The van der Waals surface area contributed by atoms with Crippen LogP contribution in [0.25, 0.3) is 27.9 Å². The Morgan fingerprint density at radius 2 is 1.97 bits per heavy atom. The van der Waals surface area contributed by atoms with Crippen molar-refractivity contribution in [3.05, 3.63) is 48.0 Å². The molecule has 1 aliphatic rings. The molecule has 0 aliphatic carbocycles. The average molecular weight is 428 g/mol. The number of hydrogen-bond donors (Lipinski definition) is 0. The standard InChI is InChI=1S/C24H25N7O/c1-2-9-31-21-12-19(24(32)29-10-5-3-4-6-11-29)26-14-18(21)23(28-31)20-16-30-15-17(13-25)7-8-22(30)27-20/h7-8,12,14-16H,2-6,9-11H2,1H3. The summed E-state index contributed by atoms with van der Waals surface area (Å²) >= 11 is 0. The third-order valence-electron chi connectivity index (χ3n) is 6.01. The van der Waals surface area contributed by atoms with Gasteiger partial charge in [-0.15, -0.1) is 0 Å². The number of nitriles is 1. The molecule has 0 N–H and O–H groups in total. The van der Waals surface area contributed by atoms with Gasteiger partial charge in [0.25, 0.3) is 5.91 Å². The first-order valence-electron chi connectivity index (χ1n) is 11.2. The summed E-state index contributed by atoms with van der Waals surface area (Å²) in [5.41, 5.74) is 4.13. The number of rotatable bonds is 4. The van der Waals surface area contributed by atoms with E-state index in [4.69, 9.17) is 15.3 Å². The number of hydrogen-bond acceptors (Lipinski definition) is 5. The van der Waals surface area contributed by atoms with Gasteiger partial charge in [0, 0.05) is 43.6 Å². The van der Waals surface area contributed by atoms with Gasteiger partial charge >= 0.3 is 0 Å². The molecule has 1 amide bonds. The van der Waals surface area contributed by atoms with E-state index >= 15 is 0 Å². The number of aryl methyl sites for hydroxylation is 1. The molecule has 8 heteroatoms. The maximum absolute atomic E-state index is 13.1. The first kappa shape index (κ1) is 20.2. The lowest BCUT2D eigenvalue weighted by molar-refractivity contribution is 0.0756. The van der Waals surface area contributed by atoms with Crippen LogP contribution in [-0.2, 0) is 6.54 Å². The monoisotopic (exact) mass is 427 g/mol. The highest BCUT2D eigenvalue weighted by Crippen LogP contribution is 2.28. The minimum atomic E-state index is -0.00337. The van der Waals surface area contributed by atoms with Crippen LogP contribution in [0.15, 0.2) is 36.8 Å².